The third-order valence-electron chi connectivity index (χ3n) is 4.97. The maximum atomic E-state index is 6.30. The van der Waals surface area contributed by atoms with Gasteiger partial charge in [0.25, 0.3) is 0 Å². The van der Waals surface area contributed by atoms with E-state index in [0.717, 1.165) is 53.8 Å². The van der Waals surface area contributed by atoms with E-state index in [1.54, 1.807) is 0 Å². The Morgan fingerprint density at radius 2 is 2.20 bits per heavy atom. The Morgan fingerprint density at radius 3 is 2.90 bits per heavy atom. The topological polar surface area (TPSA) is 21.3 Å². The minimum absolute atomic E-state index is 0.764. The summed E-state index contributed by atoms with van der Waals surface area (Å²) >= 11 is 6.30. The summed E-state index contributed by atoms with van der Waals surface area (Å²) in [5, 5.41) is 4.14. The largest absolute Gasteiger partial charge is 0.493 e. The van der Waals surface area contributed by atoms with Gasteiger partial charge in [0.1, 0.15) is 5.75 Å². The maximum Gasteiger partial charge on any atom is 0.125 e. The first-order valence-corrected chi connectivity index (χ1v) is 8.26. The number of benzene rings is 1. The number of nitrogens with one attached hydrogen (secondary N) is 1. The Hall–Kier alpha value is -0.730. The Kier molecular flexibility index (Phi) is 4.52. The van der Waals surface area contributed by atoms with Crippen LogP contribution in [-0.2, 0) is 6.54 Å². The van der Waals surface area contributed by atoms with E-state index in [0.29, 0.717) is 0 Å². The summed E-state index contributed by atoms with van der Waals surface area (Å²) in [6.07, 6.45) is 5.67. The van der Waals surface area contributed by atoms with Crippen molar-refractivity contribution in [3.8, 4) is 5.75 Å². The monoisotopic (exact) mass is 293 g/mol. The van der Waals surface area contributed by atoms with Crippen LogP contribution in [-0.4, -0.2) is 13.2 Å². The number of halogens is 1. The van der Waals surface area contributed by atoms with E-state index < -0.39 is 0 Å². The van der Waals surface area contributed by atoms with Gasteiger partial charge in [-0.3, -0.25) is 0 Å². The predicted molar refractivity (Wildman–Crippen MR) is 83.3 cm³/mol. The number of hydrogen-bond donors (Lipinski definition) is 1. The molecule has 0 amide bonds. The first kappa shape index (κ1) is 14.2. The molecule has 3 atom stereocenters. The summed E-state index contributed by atoms with van der Waals surface area (Å²) in [7, 11) is 0. The smallest absolute Gasteiger partial charge is 0.125 e. The van der Waals surface area contributed by atoms with E-state index in [2.05, 4.69) is 12.2 Å². The van der Waals surface area contributed by atoms with Crippen molar-refractivity contribution >= 4 is 11.6 Å². The molecule has 2 nitrogen and oxygen atoms in total. The van der Waals surface area contributed by atoms with Crippen LogP contribution in [0.4, 0.5) is 0 Å². The van der Waals surface area contributed by atoms with Crippen molar-refractivity contribution in [1.29, 1.82) is 0 Å². The SMILES string of the molecule is CCNCc1c(Cl)cccc1OCC1CC2CCC1C2. The molecule has 0 radical (unpaired) electrons. The van der Waals surface area contributed by atoms with Crippen LogP contribution in [0.5, 0.6) is 5.75 Å². The Bertz CT molecular complexity index is 462. The molecule has 2 aliphatic carbocycles. The van der Waals surface area contributed by atoms with Gasteiger partial charge < -0.3 is 10.1 Å². The van der Waals surface area contributed by atoms with Crippen LogP contribution in [0.3, 0.4) is 0 Å². The van der Waals surface area contributed by atoms with Gasteiger partial charge in [0.05, 0.1) is 6.61 Å². The average Bonchev–Trinajstić information content (AvgIpc) is 3.06. The van der Waals surface area contributed by atoms with E-state index in [1.807, 2.05) is 18.2 Å². The van der Waals surface area contributed by atoms with Gasteiger partial charge in [0.2, 0.25) is 0 Å². The second kappa shape index (κ2) is 6.36. The first-order valence-electron chi connectivity index (χ1n) is 7.88. The molecule has 0 heterocycles. The standard InChI is InChI=1S/C17H24ClNO/c1-2-19-10-15-16(18)4-3-5-17(15)20-11-14-9-12-6-7-13(14)8-12/h3-5,12-14,19H,2,6-11H2,1H3. The van der Waals surface area contributed by atoms with E-state index in [4.69, 9.17) is 16.3 Å². The van der Waals surface area contributed by atoms with Crippen LogP contribution >= 0.6 is 11.6 Å². The van der Waals surface area contributed by atoms with Crippen molar-refractivity contribution in [2.75, 3.05) is 13.2 Å². The van der Waals surface area contributed by atoms with Crippen LogP contribution in [0.2, 0.25) is 5.02 Å². The molecule has 2 fully saturated rings. The summed E-state index contributed by atoms with van der Waals surface area (Å²) in [5.41, 5.74) is 1.10. The Balaban J connectivity index is 1.63. The number of hydrogen-bond acceptors (Lipinski definition) is 2. The van der Waals surface area contributed by atoms with E-state index in [1.165, 1.54) is 25.7 Å². The van der Waals surface area contributed by atoms with Gasteiger partial charge in [-0.05, 0) is 55.7 Å². The molecule has 2 bridgehead atoms. The molecule has 0 spiro atoms. The summed E-state index contributed by atoms with van der Waals surface area (Å²) in [5.74, 6) is 3.62. The molecule has 2 aliphatic rings. The van der Waals surface area contributed by atoms with E-state index in [-0.39, 0.29) is 0 Å². The summed E-state index contributed by atoms with van der Waals surface area (Å²) in [6, 6.07) is 5.97. The van der Waals surface area contributed by atoms with Crippen LogP contribution in [0.25, 0.3) is 0 Å². The van der Waals surface area contributed by atoms with Gasteiger partial charge in [-0.25, -0.2) is 0 Å². The quantitative estimate of drug-likeness (QED) is 0.846. The zero-order valence-corrected chi connectivity index (χ0v) is 13.0. The van der Waals surface area contributed by atoms with Crippen LogP contribution < -0.4 is 10.1 Å². The lowest BCUT2D eigenvalue weighted by atomic mass is 9.89. The molecular weight excluding hydrogens is 270 g/mol. The van der Waals surface area contributed by atoms with Gasteiger partial charge in [0.15, 0.2) is 0 Å². The minimum atomic E-state index is 0.764. The zero-order valence-electron chi connectivity index (χ0n) is 12.2. The number of ether oxygens (including phenoxy) is 1. The highest BCUT2D eigenvalue weighted by Crippen LogP contribution is 2.48. The molecule has 2 saturated carbocycles. The lowest BCUT2D eigenvalue weighted by Crippen LogP contribution is -2.20. The molecule has 1 N–H and O–H groups in total. The van der Waals surface area contributed by atoms with Gasteiger partial charge >= 0.3 is 0 Å². The van der Waals surface area contributed by atoms with Gasteiger partial charge in [-0.1, -0.05) is 31.0 Å². The Morgan fingerprint density at radius 1 is 1.30 bits per heavy atom. The zero-order chi connectivity index (χ0) is 13.9. The predicted octanol–water partition coefficient (Wildman–Crippen LogP) is 4.26. The minimum Gasteiger partial charge on any atom is -0.493 e. The molecular formula is C17H24ClNO. The lowest BCUT2D eigenvalue weighted by Gasteiger charge is -2.23. The fraction of sp³-hybridized carbons (Fsp3) is 0.647. The molecule has 3 unspecified atom stereocenters. The normalized spacial score (nSPS) is 28.0. The fourth-order valence-corrected chi connectivity index (χ4v) is 4.11. The highest BCUT2D eigenvalue weighted by Gasteiger charge is 2.39. The van der Waals surface area contributed by atoms with Crippen molar-refractivity contribution in [2.45, 2.75) is 39.2 Å². The molecule has 0 aliphatic heterocycles. The summed E-state index contributed by atoms with van der Waals surface area (Å²) in [4.78, 5) is 0. The second-order valence-corrected chi connectivity index (χ2v) is 6.65. The highest BCUT2D eigenvalue weighted by atomic mass is 35.5. The van der Waals surface area contributed by atoms with Crippen LogP contribution in [0, 0.1) is 17.8 Å². The summed E-state index contributed by atoms with van der Waals surface area (Å²) < 4.78 is 6.13. The molecule has 1 aromatic rings. The van der Waals surface area contributed by atoms with Gasteiger partial charge in [0, 0.05) is 17.1 Å². The molecule has 3 heteroatoms. The highest BCUT2D eigenvalue weighted by molar-refractivity contribution is 6.31. The van der Waals surface area contributed by atoms with Gasteiger partial charge in [-0.2, -0.15) is 0 Å². The summed E-state index contributed by atoms with van der Waals surface area (Å²) in [6.45, 7) is 4.69. The van der Waals surface area contributed by atoms with Crippen molar-refractivity contribution in [3.05, 3.63) is 28.8 Å². The maximum absolute atomic E-state index is 6.30. The van der Waals surface area contributed by atoms with Crippen molar-refractivity contribution in [3.63, 3.8) is 0 Å². The number of fused-ring (bicyclic) bond motifs is 2. The molecule has 110 valence electrons. The first-order chi connectivity index (χ1) is 9.78. The number of rotatable bonds is 6. The molecule has 3 rings (SSSR count). The third kappa shape index (κ3) is 2.96. The molecule has 20 heavy (non-hydrogen) atoms. The van der Waals surface area contributed by atoms with Crippen molar-refractivity contribution in [1.82, 2.24) is 5.32 Å². The van der Waals surface area contributed by atoms with E-state index in [9.17, 15) is 0 Å². The molecule has 0 saturated heterocycles. The van der Waals surface area contributed by atoms with Crippen molar-refractivity contribution < 1.29 is 4.74 Å². The average molecular weight is 294 g/mol. The fourth-order valence-electron chi connectivity index (χ4n) is 3.87. The molecule has 0 aromatic heterocycles. The van der Waals surface area contributed by atoms with Crippen LogP contribution in [0.15, 0.2) is 18.2 Å². The molecule has 1 aromatic carbocycles. The lowest BCUT2D eigenvalue weighted by molar-refractivity contribution is 0.194. The Labute approximate surface area is 126 Å². The second-order valence-electron chi connectivity index (χ2n) is 6.24. The van der Waals surface area contributed by atoms with Crippen LogP contribution in [0.1, 0.15) is 38.2 Å². The van der Waals surface area contributed by atoms with Crippen molar-refractivity contribution in [2.24, 2.45) is 17.8 Å². The van der Waals surface area contributed by atoms with Gasteiger partial charge in [-0.15, -0.1) is 0 Å². The van der Waals surface area contributed by atoms with E-state index >= 15 is 0 Å². The third-order valence-corrected chi connectivity index (χ3v) is 5.32.